The van der Waals surface area contributed by atoms with Crippen LogP contribution in [0.1, 0.15) is 56.4 Å². The van der Waals surface area contributed by atoms with Gasteiger partial charge in [-0.25, -0.2) is 9.97 Å². The van der Waals surface area contributed by atoms with E-state index in [0.717, 1.165) is 13.0 Å². The molecule has 1 heterocycles. The zero-order chi connectivity index (χ0) is 15.1. The van der Waals surface area contributed by atoms with Crippen molar-refractivity contribution in [1.29, 1.82) is 0 Å². The van der Waals surface area contributed by atoms with Gasteiger partial charge in [-0.1, -0.05) is 11.6 Å². The zero-order valence-electron chi connectivity index (χ0n) is 12.9. The molecule has 0 aliphatic heterocycles. The number of allylic oxidation sites excluding steroid dienone is 1. The summed E-state index contributed by atoms with van der Waals surface area (Å²) >= 11 is 0. The van der Waals surface area contributed by atoms with Crippen molar-refractivity contribution in [3.05, 3.63) is 29.6 Å². The van der Waals surface area contributed by atoms with Gasteiger partial charge in [0.25, 0.3) is 5.91 Å². The van der Waals surface area contributed by atoms with Crippen LogP contribution < -0.4 is 10.6 Å². The average Bonchev–Trinajstić information content (AvgIpc) is 2.48. The van der Waals surface area contributed by atoms with Gasteiger partial charge in [-0.3, -0.25) is 4.79 Å². The first-order chi connectivity index (χ1) is 10.1. The molecule has 1 amide bonds. The third kappa shape index (κ3) is 5.17. The highest BCUT2D eigenvalue weighted by molar-refractivity contribution is 5.92. The number of hydrogen-bond donors (Lipinski definition) is 2. The number of amides is 1. The van der Waals surface area contributed by atoms with E-state index in [2.05, 4.69) is 26.7 Å². The molecule has 0 fully saturated rings. The van der Waals surface area contributed by atoms with Crippen LogP contribution in [0.3, 0.4) is 0 Å². The van der Waals surface area contributed by atoms with Crippen LogP contribution in [0.4, 0.5) is 5.95 Å². The van der Waals surface area contributed by atoms with Crippen molar-refractivity contribution in [3.63, 3.8) is 0 Å². The fourth-order valence-corrected chi connectivity index (χ4v) is 2.37. The summed E-state index contributed by atoms with van der Waals surface area (Å²) < 4.78 is 0. The van der Waals surface area contributed by atoms with E-state index >= 15 is 0 Å². The number of hydrogen-bond acceptors (Lipinski definition) is 4. The second kappa shape index (κ2) is 7.76. The van der Waals surface area contributed by atoms with Crippen LogP contribution in [0.15, 0.2) is 23.9 Å². The van der Waals surface area contributed by atoms with Crippen molar-refractivity contribution >= 4 is 11.9 Å². The van der Waals surface area contributed by atoms with E-state index in [9.17, 15) is 4.79 Å². The lowest BCUT2D eigenvalue weighted by atomic mass is 9.97. The van der Waals surface area contributed by atoms with Gasteiger partial charge in [0.15, 0.2) is 0 Å². The Morgan fingerprint density at radius 2 is 2.24 bits per heavy atom. The van der Waals surface area contributed by atoms with Gasteiger partial charge in [0.1, 0.15) is 5.69 Å². The Hall–Kier alpha value is -1.91. The molecule has 0 radical (unpaired) electrons. The topological polar surface area (TPSA) is 66.9 Å². The van der Waals surface area contributed by atoms with Crippen molar-refractivity contribution in [3.8, 4) is 0 Å². The molecule has 1 aliphatic carbocycles. The molecule has 1 aliphatic rings. The molecular weight excluding hydrogens is 264 g/mol. The first-order valence-corrected chi connectivity index (χ1v) is 7.71. The number of nitrogens with one attached hydrogen (secondary N) is 2. The Kier molecular flexibility index (Phi) is 5.72. The molecule has 1 aromatic heterocycles. The van der Waals surface area contributed by atoms with Crippen molar-refractivity contribution in [1.82, 2.24) is 15.3 Å². The first-order valence-electron chi connectivity index (χ1n) is 7.71. The Bertz CT molecular complexity index is 511. The standard InChI is InChI=1S/C16H24N4O/c1-12(2)19-15(21)14-9-11-18-16(20-14)17-10-8-13-6-4-3-5-7-13/h6,9,11-12H,3-5,7-8,10H2,1-2H3,(H,19,21)(H,17,18,20). The van der Waals surface area contributed by atoms with E-state index in [1.807, 2.05) is 13.8 Å². The van der Waals surface area contributed by atoms with Gasteiger partial charge in [-0.2, -0.15) is 0 Å². The normalized spacial score (nSPS) is 14.7. The summed E-state index contributed by atoms with van der Waals surface area (Å²) in [5.41, 5.74) is 1.92. The average molecular weight is 288 g/mol. The van der Waals surface area contributed by atoms with E-state index in [0.29, 0.717) is 11.6 Å². The van der Waals surface area contributed by atoms with E-state index in [4.69, 9.17) is 0 Å². The number of anilines is 1. The molecule has 114 valence electrons. The van der Waals surface area contributed by atoms with Gasteiger partial charge in [-0.05, 0) is 52.0 Å². The predicted molar refractivity (Wildman–Crippen MR) is 84.3 cm³/mol. The Morgan fingerprint density at radius 3 is 2.95 bits per heavy atom. The molecule has 0 saturated carbocycles. The largest absolute Gasteiger partial charge is 0.354 e. The van der Waals surface area contributed by atoms with Crippen LogP contribution in [-0.4, -0.2) is 28.5 Å². The molecule has 0 atom stereocenters. The quantitative estimate of drug-likeness (QED) is 0.790. The molecule has 21 heavy (non-hydrogen) atoms. The van der Waals surface area contributed by atoms with Gasteiger partial charge in [0.05, 0.1) is 0 Å². The van der Waals surface area contributed by atoms with E-state index < -0.39 is 0 Å². The molecule has 5 heteroatoms. The van der Waals surface area contributed by atoms with Gasteiger partial charge in [-0.15, -0.1) is 0 Å². The fourth-order valence-electron chi connectivity index (χ4n) is 2.37. The fraction of sp³-hybridized carbons (Fsp3) is 0.562. The maximum absolute atomic E-state index is 11.9. The van der Waals surface area contributed by atoms with Gasteiger partial charge in [0.2, 0.25) is 5.95 Å². The highest BCUT2D eigenvalue weighted by Crippen LogP contribution is 2.19. The van der Waals surface area contributed by atoms with Crippen molar-refractivity contribution < 1.29 is 4.79 Å². The lowest BCUT2D eigenvalue weighted by molar-refractivity contribution is 0.0938. The third-order valence-electron chi connectivity index (χ3n) is 3.42. The Morgan fingerprint density at radius 1 is 1.38 bits per heavy atom. The monoisotopic (exact) mass is 288 g/mol. The van der Waals surface area contributed by atoms with Crippen LogP contribution in [0.25, 0.3) is 0 Å². The summed E-state index contributed by atoms with van der Waals surface area (Å²) in [5, 5.41) is 6.03. The molecule has 0 spiro atoms. The summed E-state index contributed by atoms with van der Waals surface area (Å²) in [7, 11) is 0. The predicted octanol–water partition coefficient (Wildman–Crippen LogP) is 2.92. The van der Waals surface area contributed by atoms with Crippen LogP contribution in [0.2, 0.25) is 0 Å². The molecule has 0 unspecified atom stereocenters. The summed E-state index contributed by atoms with van der Waals surface area (Å²) in [6.07, 6.45) is 10.0. The van der Waals surface area contributed by atoms with Gasteiger partial charge < -0.3 is 10.6 Å². The second-order valence-electron chi connectivity index (χ2n) is 5.68. The van der Waals surface area contributed by atoms with Crippen LogP contribution in [0.5, 0.6) is 0 Å². The number of carbonyl (C=O) groups excluding carboxylic acids is 1. The number of nitrogens with zero attached hydrogens (tertiary/aromatic N) is 2. The second-order valence-corrected chi connectivity index (χ2v) is 5.68. The smallest absolute Gasteiger partial charge is 0.270 e. The highest BCUT2D eigenvalue weighted by atomic mass is 16.1. The summed E-state index contributed by atoms with van der Waals surface area (Å²) in [6, 6.07) is 1.73. The Balaban J connectivity index is 1.86. The number of aromatic nitrogens is 2. The van der Waals surface area contributed by atoms with Crippen molar-refractivity contribution in [2.75, 3.05) is 11.9 Å². The molecule has 0 aromatic carbocycles. The minimum Gasteiger partial charge on any atom is -0.354 e. The van der Waals surface area contributed by atoms with Crippen LogP contribution in [-0.2, 0) is 0 Å². The van der Waals surface area contributed by atoms with E-state index in [1.54, 1.807) is 12.3 Å². The first kappa shape index (κ1) is 15.5. The maximum atomic E-state index is 11.9. The molecule has 0 bridgehead atoms. The maximum Gasteiger partial charge on any atom is 0.270 e. The van der Waals surface area contributed by atoms with Crippen LogP contribution >= 0.6 is 0 Å². The minimum absolute atomic E-state index is 0.0992. The van der Waals surface area contributed by atoms with Gasteiger partial charge >= 0.3 is 0 Å². The van der Waals surface area contributed by atoms with E-state index in [-0.39, 0.29) is 11.9 Å². The lowest BCUT2D eigenvalue weighted by Gasteiger charge is -2.13. The molecule has 2 N–H and O–H groups in total. The molecule has 2 rings (SSSR count). The SMILES string of the molecule is CC(C)NC(=O)c1ccnc(NCCC2=CCCCC2)n1. The van der Waals surface area contributed by atoms with Gasteiger partial charge in [0, 0.05) is 18.8 Å². The minimum atomic E-state index is -0.162. The molecular formula is C16H24N4O. The molecule has 1 aromatic rings. The summed E-state index contributed by atoms with van der Waals surface area (Å²) in [4.78, 5) is 20.3. The van der Waals surface area contributed by atoms with Crippen molar-refractivity contribution in [2.24, 2.45) is 0 Å². The number of carbonyl (C=O) groups is 1. The third-order valence-corrected chi connectivity index (χ3v) is 3.42. The highest BCUT2D eigenvalue weighted by Gasteiger charge is 2.10. The molecule has 0 saturated heterocycles. The summed E-state index contributed by atoms with van der Waals surface area (Å²) in [6.45, 7) is 4.66. The van der Waals surface area contributed by atoms with E-state index in [1.165, 1.54) is 31.3 Å². The number of rotatable bonds is 6. The van der Waals surface area contributed by atoms with Crippen LogP contribution in [0, 0.1) is 0 Å². The zero-order valence-corrected chi connectivity index (χ0v) is 12.9. The lowest BCUT2D eigenvalue weighted by Crippen LogP contribution is -2.31. The van der Waals surface area contributed by atoms with Crippen molar-refractivity contribution in [2.45, 2.75) is 52.0 Å². The molecule has 5 nitrogen and oxygen atoms in total. The Labute approximate surface area is 126 Å². The summed E-state index contributed by atoms with van der Waals surface area (Å²) in [5.74, 6) is 0.355.